The topological polar surface area (TPSA) is 51.5 Å². The predicted molar refractivity (Wildman–Crippen MR) is 69.9 cm³/mol. The van der Waals surface area contributed by atoms with Gasteiger partial charge in [0.2, 0.25) is 0 Å². The molecular weight excluding hydrogens is 230 g/mol. The minimum atomic E-state index is -0.330. The minimum Gasteiger partial charge on any atom is -0.423 e. The lowest BCUT2D eigenvalue weighted by molar-refractivity contribution is 0.120. The summed E-state index contributed by atoms with van der Waals surface area (Å²) < 4.78 is 10.7. The summed E-state index contributed by atoms with van der Waals surface area (Å²) in [6.45, 7) is 1.57. The first-order chi connectivity index (χ1) is 8.83. The Labute approximate surface area is 105 Å². The molecule has 2 aromatic rings. The molecule has 1 saturated heterocycles. The van der Waals surface area contributed by atoms with Crippen LogP contribution in [0.3, 0.4) is 0 Å². The zero-order valence-electron chi connectivity index (χ0n) is 10.0. The number of benzene rings is 1. The molecule has 0 spiro atoms. The minimum absolute atomic E-state index is 0.246. The highest BCUT2D eigenvalue weighted by molar-refractivity contribution is 5.89. The van der Waals surface area contributed by atoms with Crippen molar-refractivity contribution in [3.05, 3.63) is 40.8 Å². The fourth-order valence-electron chi connectivity index (χ4n) is 2.29. The number of para-hydroxylation sites is 1. The van der Waals surface area contributed by atoms with Crippen molar-refractivity contribution in [2.45, 2.75) is 18.9 Å². The van der Waals surface area contributed by atoms with Gasteiger partial charge in [-0.15, -0.1) is 0 Å². The van der Waals surface area contributed by atoms with Crippen LogP contribution in [0, 0.1) is 0 Å². The van der Waals surface area contributed by atoms with E-state index in [-0.39, 0.29) is 11.7 Å². The van der Waals surface area contributed by atoms with Gasteiger partial charge in [-0.3, -0.25) is 0 Å². The van der Waals surface area contributed by atoms with Crippen LogP contribution >= 0.6 is 0 Å². The van der Waals surface area contributed by atoms with Gasteiger partial charge in [-0.2, -0.15) is 0 Å². The van der Waals surface area contributed by atoms with Crippen molar-refractivity contribution in [3.8, 4) is 0 Å². The molecule has 0 radical (unpaired) electrons. The smallest absolute Gasteiger partial charge is 0.338 e. The Morgan fingerprint density at radius 1 is 1.33 bits per heavy atom. The Hall–Kier alpha value is -1.81. The Kier molecular flexibility index (Phi) is 3.02. The van der Waals surface area contributed by atoms with Crippen LogP contribution in [0.25, 0.3) is 11.0 Å². The molecule has 94 valence electrons. The van der Waals surface area contributed by atoms with Crippen LogP contribution in [0.4, 0.5) is 5.69 Å². The van der Waals surface area contributed by atoms with Gasteiger partial charge in [0, 0.05) is 24.6 Å². The van der Waals surface area contributed by atoms with Gasteiger partial charge in [-0.1, -0.05) is 12.1 Å². The summed E-state index contributed by atoms with van der Waals surface area (Å²) in [6, 6.07) is 9.02. The van der Waals surface area contributed by atoms with Crippen molar-refractivity contribution < 1.29 is 9.15 Å². The fourth-order valence-corrected chi connectivity index (χ4v) is 2.29. The van der Waals surface area contributed by atoms with Crippen molar-refractivity contribution in [2.24, 2.45) is 0 Å². The van der Waals surface area contributed by atoms with E-state index in [1.165, 1.54) is 6.07 Å². The molecule has 3 rings (SSSR count). The van der Waals surface area contributed by atoms with Crippen LogP contribution in [-0.4, -0.2) is 19.3 Å². The van der Waals surface area contributed by atoms with Gasteiger partial charge >= 0.3 is 5.63 Å². The Bertz CT molecular complexity index is 599. The highest BCUT2D eigenvalue weighted by atomic mass is 16.5. The van der Waals surface area contributed by atoms with E-state index in [2.05, 4.69) is 5.32 Å². The summed E-state index contributed by atoms with van der Waals surface area (Å²) in [7, 11) is 0. The van der Waals surface area contributed by atoms with Crippen LogP contribution in [0.15, 0.2) is 39.5 Å². The average Bonchev–Trinajstić information content (AvgIpc) is 2.89. The van der Waals surface area contributed by atoms with Crippen LogP contribution in [0.5, 0.6) is 0 Å². The molecular formula is C14H15NO3. The normalized spacial score (nSPS) is 19.2. The van der Waals surface area contributed by atoms with E-state index in [0.29, 0.717) is 5.58 Å². The molecule has 0 amide bonds. The molecule has 0 saturated carbocycles. The quantitative estimate of drug-likeness (QED) is 0.843. The number of nitrogens with one attached hydrogen (secondary N) is 1. The van der Waals surface area contributed by atoms with Crippen molar-refractivity contribution in [2.75, 3.05) is 18.5 Å². The molecule has 1 aliphatic heterocycles. The molecule has 18 heavy (non-hydrogen) atoms. The first-order valence-corrected chi connectivity index (χ1v) is 6.21. The molecule has 2 heterocycles. The molecule has 1 aromatic heterocycles. The number of fused-ring (bicyclic) bond motifs is 1. The summed E-state index contributed by atoms with van der Waals surface area (Å²) >= 11 is 0. The van der Waals surface area contributed by atoms with E-state index in [0.717, 1.165) is 37.1 Å². The second-order valence-corrected chi connectivity index (χ2v) is 4.49. The molecule has 0 aliphatic carbocycles. The highest BCUT2D eigenvalue weighted by Crippen LogP contribution is 2.21. The van der Waals surface area contributed by atoms with Gasteiger partial charge in [0.15, 0.2) is 0 Å². The van der Waals surface area contributed by atoms with Crippen molar-refractivity contribution in [1.82, 2.24) is 0 Å². The van der Waals surface area contributed by atoms with Crippen molar-refractivity contribution in [1.29, 1.82) is 0 Å². The molecule has 1 aliphatic rings. The summed E-state index contributed by atoms with van der Waals surface area (Å²) in [5, 5.41) is 4.21. The molecule has 0 bridgehead atoms. The molecule has 1 atom stereocenters. The largest absolute Gasteiger partial charge is 0.423 e. The number of ether oxygens (including phenoxy) is 1. The van der Waals surface area contributed by atoms with Gasteiger partial charge in [-0.25, -0.2) is 4.79 Å². The second kappa shape index (κ2) is 4.82. The SMILES string of the molecule is O=c1cc(NCC2CCCO2)c2ccccc2o1. The zero-order chi connectivity index (χ0) is 12.4. The predicted octanol–water partition coefficient (Wildman–Crippen LogP) is 2.38. The molecule has 4 nitrogen and oxygen atoms in total. The van der Waals surface area contributed by atoms with E-state index in [9.17, 15) is 4.79 Å². The zero-order valence-corrected chi connectivity index (χ0v) is 10.0. The lowest BCUT2D eigenvalue weighted by atomic mass is 10.2. The third-order valence-corrected chi connectivity index (χ3v) is 3.19. The van der Waals surface area contributed by atoms with Gasteiger partial charge in [0.05, 0.1) is 11.8 Å². The van der Waals surface area contributed by atoms with Crippen LogP contribution in [0.2, 0.25) is 0 Å². The second-order valence-electron chi connectivity index (χ2n) is 4.49. The number of anilines is 1. The maximum absolute atomic E-state index is 11.5. The van der Waals surface area contributed by atoms with Gasteiger partial charge < -0.3 is 14.5 Å². The van der Waals surface area contributed by atoms with E-state index in [1.807, 2.05) is 18.2 Å². The van der Waals surface area contributed by atoms with Gasteiger partial charge in [0.1, 0.15) is 5.58 Å². The maximum atomic E-state index is 11.5. The Morgan fingerprint density at radius 2 is 2.22 bits per heavy atom. The fraction of sp³-hybridized carbons (Fsp3) is 0.357. The van der Waals surface area contributed by atoms with Crippen LogP contribution in [-0.2, 0) is 4.74 Å². The van der Waals surface area contributed by atoms with Crippen LogP contribution in [0.1, 0.15) is 12.8 Å². The monoisotopic (exact) mass is 245 g/mol. The number of rotatable bonds is 3. The van der Waals surface area contributed by atoms with E-state index in [1.54, 1.807) is 6.07 Å². The summed E-state index contributed by atoms with van der Waals surface area (Å²) in [4.78, 5) is 11.5. The third kappa shape index (κ3) is 2.24. The standard InChI is InChI=1S/C14H15NO3/c16-14-8-12(15-9-10-4-3-7-17-10)11-5-1-2-6-13(11)18-14/h1-2,5-6,8,10,15H,3-4,7,9H2. The summed E-state index contributed by atoms with van der Waals surface area (Å²) in [5.74, 6) is 0. The molecule has 4 heteroatoms. The van der Waals surface area contributed by atoms with Crippen molar-refractivity contribution >= 4 is 16.7 Å². The van der Waals surface area contributed by atoms with E-state index in [4.69, 9.17) is 9.15 Å². The van der Waals surface area contributed by atoms with Gasteiger partial charge in [-0.05, 0) is 25.0 Å². The average molecular weight is 245 g/mol. The Balaban J connectivity index is 1.88. The number of hydrogen-bond acceptors (Lipinski definition) is 4. The summed E-state index contributed by atoms with van der Waals surface area (Å²) in [6.07, 6.45) is 2.44. The van der Waals surface area contributed by atoms with Gasteiger partial charge in [0.25, 0.3) is 0 Å². The van der Waals surface area contributed by atoms with E-state index < -0.39 is 0 Å². The third-order valence-electron chi connectivity index (χ3n) is 3.19. The number of hydrogen-bond donors (Lipinski definition) is 1. The van der Waals surface area contributed by atoms with Crippen molar-refractivity contribution in [3.63, 3.8) is 0 Å². The highest BCUT2D eigenvalue weighted by Gasteiger charge is 2.15. The maximum Gasteiger partial charge on any atom is 0.338 e. The Morgan fingerprint density at radius 3 is 3.06 bits per heavy atom. The van der Waals surface area contributed by atoms with E-state index >= 15 is 0 Å². The molecule has 1 N–H and O–H groups in total. The lowest BCUT2D eigenvalue weighted by Crippen LogP contribution is -2.19. The molecule has 1 unspecified atom stereocenters. The summed E-state index contributed by atoms with van der Waals surface area (Å²) in [5.41, 5.74) is 1.10. The first kappa shape index (κ1) is 11.3. The molecule has 1 fully saturated rings. The van der Waals surface area contributed by atoms with Crippen LogP contribution < -0.4 is 10.9 Å². The lowest BCUT2D eigenvalue weighted by Gasteiger charge is -2.12. The first-order valence-electron chi connectivity index (χ1n) is 6.21. The molecule has 1 aromatic carbocycles.